The molecule has 0 atom stereocenters. The summed E-state index contributed by atoms with van der Waals surface area (Å²) in [4.78, 5) is 19.7. The molecular formula is C23H17F3N4O. The maximum absolute atomic E-state index is 12.9. The van der Waals surface area contributed by atoms with Crippen LogP contribution in [0, 0.1) is 24.2 Å². The number of alkyl halides is 3. The largest absolute Gasteiger partial charge is 0.416 e. The maximum Gasteiger partial charge on any atom is 0.416 e. The molecule has 0 spiro atoms. The average Bonchev–Trinajstić information content (AvgIpc) is 3.19. The van der Waals surface area contributed by atoms with Crippen LogP contribution < -0.4 is 5.32 Å². The van der Waals surface area contributed by atoms with Crippen molar-refractivity contribution in [1.29, 1.82) is 5.41 Å². The van der Waals surface area contributed by atoms with Gasteiger partial charge in [0.2, 0.25) is 0 Å². The normalized spacial score (nSPS) is 11.1. The van der Waals surface area contributed by atoms with Crippen molar-refractivity contribution in [3.05, 3.63) is 88.5 Å². The number of carbonyl (C=O) groups is 1. The molecule has 0 fully saturated rings. The number of aromatic nitrogens is 2. The van der Waals surface area contributed by atoms with Crippen LogP contribution in [0.4, 0.5) is 18.9 Å². The lowest BCUT2D eigenvalue weighted by molar-refractivity contribution is -0.137. The third-order valence-corrected chi connectivity index (χ3v) is 4.22. The zero-order valence-corrected chi connectivity index (χ0v) is 16.3. The number of imidazole rings is 1. The summed E-state index contributed by atoms with van der Waals surface area (Å²) in [6, 6.07) is 9.51. The molecular weight excluding hydrogens is 405 g/mol. The second-order valence-electron chi connectivity index (χ2n) is 6.52. The van der Waals surface area contributed by atoms with E-state index >= 15 is 0 Å². The summed E-state index contributed by atoms with van der Waals surface area (Å²) in [7, 11) is 0. The number of nitrogens with one attached hydrogen (secondary N) is 3. The van der Waals surface area contributed by atoms with Gasteiger partial charge in [0.05, 0.1) is 11.8 Å². The number of hydrogen-bond acceptors (Lipinski definition) is 3. The van der Waals surface area contributed by atoms with E-state index in [0.717, 1.165) is 18.3 Å². The second-order valence-corrected chi connectivity index (χ2v) is 6.52. The highest BCUT2D eigenvalue weighted by atomic mass is 19.4. The topological polar surface area (TPSA) is 81.6 Å². The van der Waals surface area contributed by atoms with Gasteiger partial charge in [-0.15, -0.1) is 0 Å². The van der Waals surface area contributed by atoms with Crippen molar-refractivity contribution in [2.24, 2.45) is 0 Å². The molecule has 0 bridgehead atoms. The van der Waals surface area contributed by atoms with Gasteiger partial charge in [-0.2, -0.15) is 13.2 Å². The van der Waals surface area contributed by atoms with Crippen LogP contribution in [0.25, 0.3) is 6.08 Å². The first kappa shape index (κ1) is 21.6. The van der Waals surface area contributed by atoms with E-state index in [1.54, 1.807) is 37.4 Å². The summed E-state index contributed by atoms with van der Waals surface area (Å²) in [5, 5.41) is 9.47. The van der Waals surface area contributed by atoms with E-state index in [0.29, 0.717) is 28.2 Å². The molecule has 3 rings (SSSR count). The summed E-state index contributed by atoms with van der Waals surface area (Å²) >= 11 is 0. The molecule has 8 heteroatoms. The van der Waals surface area contributed by atoms with Crippen LogP contribution in [-0.2, 0) is 6.18 Å². The predicted octanol–water partition coefficient (Wildman–Crippen LogP) is 5.05. The number of allylic oxidation sites excluding steroid dienone is 1. The number of aromatic amines is 1. The number of amides is 1. The van der Waals surface area contributed by atoms with E-state index in [9.17, 15) is 18.0 Å². The molecule has 0 radical (unpaired) electrons. The highest BCUT2D eigenvalue weighted by Gasteiger charge is 2.30. The minimum atomic E-state index is -4.49. The molecule has 0 saturated heterocycles. The molecule has 3 aromatic rings. The van der Waals surface area contributed by atoms with Crippen molar-refractivity contribution < 1.29 is 18.0 Å². The highest BCUT2D eigenvalue weighted by molar-refractivity contribution is 6.05. The zero-order valence-electron chi connectivity index (χ0n) is 16.3. The number of nitrogens with zero attached hydrogens (tertiary/aromatic N) is 1. The lowest BCUT2D eigenvalue weighted by atomic mass is 10.0. The maximum atomic E-state index is 12.9. The second kappa shape index (κ2) is 9.13. The quantitative estimate of drug-likeness (QED) is 0.406. The van der Waals surface area contributed by atoms with Gasteiger partial charge in [0.25, 0.3) is 5.91 Å². The average molecular weight is 422 g/mol. The Morgan fingerprint density at radius 3 is 2.74 bits per heavy atom. The number of aryl methyl sites for hydroxylation is 1. The third-order valence-electron chi connectivity index (χ3n) is 4.22. The molecule has 1 aromatic heterocycles. The van der Waals surface area contributed by atoms with Crippen molar-refractivity contribution >= 4 is 23.9 Å². The first-order chi connectivity index (χ1) is 14.8. The number of H-pyrrole nitrogens is 1. The van der Waals surface area contributed by atoms with Crippen LogP contribution in [0.5, 0.6) is 0 Å². The van der Waals surface area contributed by atoms with Gasteiger partial charge in [-0.1, -0.05) is 18.1 Å². The van der Waals surface area contributed by atoms with E-state index < -0.39 is 17.6 Å². The first-order valence-electron chi connectivity index (χ1n) is 9.09. The van der Waals surface area contributed by atoms with Crippen LogP contribution in [0.2, 0.25) is 0 Å². The first-order valence-corrected chi connectivity index (χ1v) is 9.09. The highest BCUT2D eigenvalue weighted by Crippen LogP contribution is 2.30. The fourth-order valence-electron chi connectivity index (χ4n) is 2.68. The lowest BCUT2D eigenvalue weighted by Crippen LogP contribution is -2.14. The Morgan fingerprint density at radius 2 is 2.00 bits per heavy atom. The summed E-state index contributed by atoms with van der Waals surface area (Å²) in [6.45, 7) is 1.73. The molecule has 156 valence electrons. The Hall–Kier alpha value is -4.12. The number of carbonyl (C=O) groups excluding carboxylic acids is 1. The van der Waals surface area contributed by atoms with E-state index in [1.807, 2.05) is 0 Å². The van der Waals surface area contributed by atoms with Crippen molar-refractivity contribution in [3.63, 3.8) is 0 Å². The van der Waals surface area contributed by atoms with Gasteiger partial charge in [0, 0.05) is 23.0 Å². The Labute approximate surface area is 176 Å². The zero-order chi connectivity index (χ0) is 22.4. The van der Waals surface area contributed by atoms with Gasteiger partial charge in [0.15, 0.2) is 0 Å². The molecule has 0 unspecified atom stereocenters. The van der Waals surface area contributed by atoms with Gasteiger partial charge in [0.1, 0.15) is 11.5 Å². The summed E-state index contributed by atoms with van der Waals surface area (Å²) in [5.74, 6) is 5.85. The van der Waals surface area contributed by atoms with Gasteiger partial charge in [-0.05, 0) is 60.9 Å². The Bertz CT molecular complexity index is 1210. The molecule has 0 aliphatic rings. The molecule has 3 N–H and O–H groups in total. The van der Waals surface area contributed by atoms with Crippen LogP contribution in [0.1, 0.15) is 38.6 Å². The Morgan fingerprint density at radius 1 is 1.19 bits per heavy atom. The third kappa shape index (κ3) is 5.70. The molecule has 0 saturated carbocycles. The molecule has 31 heavy (non-hydrogen) atoms. The Kier molecular flexibility index (Phi) is 6.36. The molecule has 1 heterocycles. The van der Waals surface area contributed by atoms with Crippen LogP contribution in [0.3, 0.4) is 0 Å². The molecule has 2 aromatic carbocycles. The van der Waals surface area contributed by atoms with E-state index in [2.05, 4.69) is 27.1 Å². The van der Waals surface area contributed by atoms with Crippen molar-refractivity contribution in [3.8, 4) is 11.8 Å². The van der Waals surface area contributed by atoms with E-state index in [4.69, 9.17) is 5.41 Å². The van der Waals surface area contributed by atoms with Crippen LogP contribution >= 0.6 is 0 Å². The van der Waals surface area contributed by atoms with Crippen molar-refractivity contribution in [1.82, 2.24) is 9.97 Å². The van der Waals surface area contributed by atoms with Gasteiger partial charge in [-0.25, -0.2) is 4.98 Å². The fourth-order valence-corrected chi connectivity index (χ4v) is 2.68. The molecule has 0 aliphatic heterocycles. The molecule has 0 aliphatic carbocycles. The Balaban J connectivity index is 1.80. The van der Waals surface area contributed by atoms with Gasteiger partial charge in [-0.3, -0.25) is 4.79 Å². The SMILES string of the molecule is Cc1ccc(C#Cc2cnc(/C=C\C=N)[nH]2)cc1C(=O)Nc1cccc(C(F)(F)F)c1. The standard InChI is InChI=1S/C23H17F3N4O/c1-15-7-8-16(9-10-19-14-28-21(29-19)6-3-11-27)12-20(15)22(31)30-18-5-2-4-17(13-18)23(24,25)26/h2-8,11-14,27H,1H3,(H,28,29)(H,30,31)/b6-3-,27-11?. The molecule has 1 amide bonds. The molecule has 5 nitrogen and oxygen atoms in total. The van der Waals surface area contributed by atoms with E-state index in [1.165, 1.54) is 18.2 Å². The van der Waals surface area contributed by atoms with Crippen LogP contribution in [-0.4, -0.2) is 22.1 Å². The van der Waals surface area contributed by atoms with Crippen LogP contribution in [0.15, 0.2) is 54.7 Å². The van der Waals surface area contributed by atoms with Gasteiger partial charge < -0.3 is 15.7 Å². The number of benzene rings is 2. The monoisotopic (exact) mass is 422 g/mol. The van der Waals surface area contributed by atoms with E-state index in [-0.39, 0.29) is 5.69 Å². The van der Waals surface area contributed by atoms with Gasteiger partial charge >= 0.3 is 6.18 Å². The predicted molar refractivity (Wildman–Crippen MR) is 113 cm³/mol. The summed E-state index contributed by atoms with van der Waals surface area (Å²) in [5.41, 5.74) is 1.31. The summed E-state index contributed by atoms with van der Waals surface area (Å²) in [6.07, 6.45) is 1.33. The number of hydrogen-bond donors (Lipinski definition) is 3. The van der Waals surface area contributed by atoms with Crippen molar-refractivity contribution in [2.75, 3.05) is 5.32 Å². The fraction of sp³-hybridized carbons (Fsp3) is 0.0870. The smallest absolute Gasteiger partial charge is 0.332 e. The van der Waals surface area contributed by atoms with Crippen molar-refractivity contribution in [2.45, 2.75) is 13.1 Å². The lowest BCUT2D eigenvalue weighted by Gasteiger charge is -2.11. The number of halogens is 3. The minimum Gasteiger partial charge on any atom is -0.332 e. The number of rotatable bonds is 4. The summed E-state index contributed by atoms with van der Waals surface area (Å²) < 4.78 is 38.7. The minimum absolute atomic E-state index is 0.0543. The number of anilines is 1.